The average Bonchev–Trinajstić information content (AvgIpc) is 2.65. The largest absolute Gasteiger partial charge is 0.381 e. The summed E-state index contributed by atoms with van der Waals surface area (Å²) < 4.78 is 0. The molecule has 0 saturated heterocycles. The highest BCUT2D eigenvalue weighted by atomic mass is 16.5. The number of hydrogen-bond acceptors (Lipinski definition) is 6. The van der Waals surface area contributed by atoms with Crippen molar-refractivity contribution in [2.45, 2.75) is 32.4 Å². The molecule has 0 fully saturated rings. The lowest BCUT2D eigenvalue weighted by Crippen LogP contribution is -2.54. The van der Waals surface area contributed by atoms with Gasteiger partial charge in [0.1, 0.15) is 6.04 Å². The quantitative estimate of drug-likeness (QED) is 0.253. The molecule has 1 aromatic rings. The highest BCUT2D eigenvalue weighted by Crippen LogP contribution is 2.06. The second kappa shape index (κ2) is 11.1. The van der Waals surface area contributed by atoms with Gasteiger partial charge in [0, 0.05) is 13.0 Å². The maximum atomic E-state index is 12.6. The third-order valence-electron chi connectivity index (χ3n) is 3.69. The second-order valence-electron chi connectivity index (χ2n) is 6.46. The van der Waals surface area contributed by atoms with E-state index in [2.05, 4.69) is 5.32 Å². The monoisotopic (exact) mass is 382 g/mol. The van der Waals surface area contributed by atoms with Crippen LogP contribution in [0.25, 0.3) is 0 Å². The fraction of sp³-hybridized carbons (Fsp3) is 0.471. The number of carbonyl (C=O) groups is 3. The molecule has 10 heteroatoms. The van der Waals surface area contributed by atoms with E-state index >= 15 is 0 Å². The number of aliphatic hydroxyl groups excluding tert-OH is 1. The van der Waals surface area contributed by atoms with Crippen LogP contribution in [-0.2, 0) is 16.0 Å². The van der Waals surface area contributed by atoms with Gasteiger partial charge in [0.05, 0.1) is 6.54 Å². The summed E-state index contributed by atoms with van der Waals surface area (Å²) in [6, 6.07) is 7.14. The Hall–Kier alpha value is -2.69. The van der Waals surface area contributed by atoms with E-state index in [4.69, 9.17) is 10.4 Å². The topological polar surface area (TPSA) is 151 Å². The summed E-state index contributed by atoms with van der Waals surface area (Å²) >= 11 is 0. The third kappa shape index (κ3) is 7.60. The minimum Gasteiger partial charge on any atom is -0.381 e. The number of amides is 4. The highest BCUT2D eigenvalue weighted by Gasteiger charge is 2.27. The zero-order valence-corrected chi connectivity index (χ0v) is 15.3. The molecule has 2 atom stereocenters. The molecule has 6 N–H and O–H groups in total. The summed E-state index contributed by atoms with van der Waals surface area (Å²) in [4.78, 5) is 37.0. The van der Waals surface area contributed by atoms with Gasteiger partial charge in [-0.15, -0.1) is 0 Å². The third-order valence-corrected chi connectivity index (χ3v) is 3.69. The Kier molecular flexibility index (Phi) is 9.20. The fourth-order valence-corrected chi connectivity index (χ4v) is 2.42. The van der Waals surface area contributed by atoms with Crippen molar-refractivity contribution in [3.63, 3.8) is 0 Å². The molecule has 1 aromatic carbocycles. The Morgan fingerprint density at radius 3 is 2.11 bits per heavy atom. The van der Waals surface area contributed by atoms with Crippen molar-refractivity contribution in [1.82, 2.24) is 21.2 Å². The van der Waals surface area contributed by atoms with Crippen molar-refractivity contribution in [2.75, 3.05) is 13.1 Å². The van der Waals surface area contributed by atoms with Gasteiger partial charge in [0.15, 0.2) is 6.10 Å². The van der Waals surface area contributed by atoms with Gasteiger partial charge in [-0.1, -0.05) is 44.2 Å². The number of hydroxylamine groups is 2. The standard InChI is InChI=1S/C17H26N4O6/c1-11(2)9-21(10-14(22)16(24)20-27)17(25)18-13(15(23)19-26)8-12-6-4-3-5-7-12/h3-7,11,13-14,22,26-27H,8-10H2,1-2H3,(H,18,25)(H,19,23)(H,20,24)/t13-,14?/m0/s1. The number of nitrogens with one attached hydrogen (secondary N) is 3. The molecule has 150 valence electrons. The molecule has 0 aliphatic rings. The van der Waals surface area contributed by atoms with Crippen LogP contribution in [0, 0.1) is 5.92 Å². The fourth-order valence-electron chi connectivity index (χ4n) is 2.42. The van der Waals surface area contributed by atoms with Gasteiger partial charge in [-0.25, -0.2) is 15.8 Å². The number of urea groups is 1. The lowest BCUT2D eigenvalue weighted by Gasteiger charge is -2.28. The van der Waals surface area contributed by atoms with Crippen LogP contribution in [-0.4, -0.2) is 63.5 Å². The summed E-state index contributed by atoms with van der Waals surface area (Å²) in [7, 11) is 0. The van der Waals surface area contributed by atoms with Gasteiger partial charge < -0.3 is 15.3 Å². The molecule has 0 spiro atoms. The van der Waals surface area contributed by atoms with Gasteiger partial charge in [-0.05, 0) is 11.5 Å². The minimum atomic E-state index is -1.64. The van der Waals surface area contributed by atoms with Crippen molar-refractivity contribution in [2.24, 2.45) is 5.92 Å². The maximum absolute atomic E-state index is 12.6. The molecular formula is C17H26N4O6. The second-order valence-corrected chi connectivity index (χ2v) is 6.46. The van der Waals surface area contributed by atoms with Crippen molar-refractivity contribution in [1.29, 1.82) is 0 Å². The Morgan fingerprint density at radius 2 is 1.59 bits per heavy atom. The molecule has 0 aliphatic carbocycles. The number of nitrogens with zero attached hydrogens (tertiary/aromatic N) is 1. The summed E-state index contributed by atoms with van der Waals surface area (Å²) in [6.07, 6.45) is -1.51. The van der Waals surface area contributed by atoms with E-state index in [0.717, 1.165) is 10.5 Å². The van der Waals surface area contributed by atoms with Crippen LogP contribution < -0.4 is 16.3 Å². The van der Waals surface area contributed by atoms with Crippen molar-refractivity contribution in [3.05, 3.63) is 35.9 Å². The SMILES string of the molecule is CC(C)CN(CC(O)C(=O)NO)C(=O)N[C@@H](Cc1ccccc1)C(=O)NO. The van der Waals surface area contributed by atoms with Crippen LogP contribution in [0.1, 0.15) is 19.4 Å². The molecule has 1 rings (SSSR count). The van der Waals surface area contributed by atoms with Crippen molar-refractivity contribution in [3.8, 4) is 0 Å². The Bertz CT molecular complexity index is 625. The molecule has 0 bridgehead atoms. The molecule has 0 heterocycles. The predicted molar refractivity (Wildman–Crippen MR) is 94.7 cm³/mol. The van der Waals surface area contributed by atoms with Gasteiger partial charge in [0.2, 0.25) is 0 Å². The van der Waals surface area contributed by atoms with Crippen molar-refractivity contribution < 1.29 is 29.9 Å². The lowest BCUT2D eigenvalue weighted by molar-refractivity contribution is -0.138. The number of hydrogen-bond donors (Lipinski definition) is 6. The molecule has 0 saturated carbocycles. The normalized spacial score (nSPS) is 12.8. The summed E-state index contributed by atoms with van der Waals surface area (Å²) in [5, 5.41) is 29.8. The first-order chi connectivity index (χ1) is 12.8. The van der Waals surface area contributed by atoms with E-state index in [9.17, 15) is 19.5 Å². The predicted octanol–water partition coefficient (Wildman–Crippen LogP) is -0.363. The van der Waals surface area contributed by atoms with E-state index in [1.807, 2.05) is 13.8 Å². The summed E-state index contributed by atoms with van der Waals surface area (Å²) in [5.41, 5.74) is 3.60. The van der Waals surface area contributed by atoms with Gasteiger partial charge in [0.25, 0.3) is 11.8 Å². The minimum absolute atomic E-state index is 0.0133. The number of benzene rings is 1. The molecule has 0 aromatic heterocycles. The Balaban J connectivity index is 2.89. The first kappa shape index (κ1) is 22.4. The van der Waals surface area contributed by atoms with Crippen LogP contribution in [0.3, 0.4) is 0 Å². The first-order valence-electron chi connectivity index (χ1n) is 8.43. The molecule has 10 nitrogen and oxygen atoms in total. The van der Waals surface area contributed by atoms with Gasteiger partial charge in [-0.2, -0.15) is 0 Å². The smallest absolute Gasteiger partial charge is 0.318 e. The van der Waals surface area contributed by atoms with E-state index in [-0.39, 0.29) is 25.4 Å². The Morgan fingerprint density at radius 1 is 1.00 bits per heavy atom. The molecule has 27 heavy (non-hydrogen) atoms. The maximum Gasteiger partial charge on any atom is 0.318 e. The molecule has 1 unspecified atom stereocenters. The van der Waals surface area contributed by atoms with Crippen LogP contribution in [0.2, 0.25) is 0 Å². The van der Waals surface area contributed by atoms with Crippen molar-refractivity contribution >= 4 is 17.8 Å². The highest BCUT2D eigenvalue weighted by molar-refractivity contribution is 5.87. The van der Waals surface area contributed by atoms with E-state index in [1.54, 1.807) is 30.3 Å². The molecule has 4 amide bonds. The van der Waals surface area contributed by atoms with Crippen LogP contribution >= 0.6 is 0 Å². The number of rotatable bonds is 9. The van der Waals surface area contributed by atoms with Crippen LogP contribution in [0.4, 0.5) is 4.79 Å². The Labute approximate surface area is 157 Å². The average molecular weight is 382 g/mol. The first-order valence-corrected chi connectivity index (χ1v) is 8.43. The molecular weight excluding hydrogens is 356 g/mol. The molecule has 0 radical (unpaired) electrons. The summed E-state index contributed by atoms with van der Waals surface area (Å²) in [6.45, 7) is 3.48. The van der Waals surface area contributed by atoms with E-state index in [0.29, 0.717) is 0 Å². The summed E-state index contributed by atoms with van der Waals surface area (Å²) in [5.74, 6) is -1.84. The van der Waals surface area contributed by atoms with Gasteiger partial charge in [-0.3, -0.25) is 20.0 Å². The number of carbonyl (C=O) groups excluding carboxylic acids is 3. The van der Waals surface area contributed by atoms with Crippen LogP contribution in [0.5, 0.6) is 0 Å². The zero-order chi connectivity index (χ0) is 20.4. The number of aliphatic hydroxyl groups is 1. The van der Waals surface area contributed by atoms with Crippen LogP contribution in [0.15, 0.2) is 30.3 Å². The van der Waals surface area contributed by atoms with Gasteiger partial charge >= 0.3 is 6.03 Å². The lowest BCUT2D eigenvalue weighted by atomic mass is 10.1. The zero-order valence-electron chi connectivity index (χ0n) is 15.3. The van der Waals surface area contributed by atoms with E-state index in [1.165, 1.54) is 11.0 Å². The molecule has 0 aliphatic heterocycles. The van der Waals surface area contributed by atoms with E-state index < -0.39 is 30.0 Å².